The second-order valence-corrected chi connectivity index (χ2v) is 3.46. The van der Waals surface area contributed by atoms with Crippen LogP contribution in [0.3, 0.4) is 0 Å². The molecule has 0 radical (unpaired) electrons. The van der Waals surface area contributed by atoms with Gasteiger partial charge in [0.05, 0.1) is 12.1 Å². The molecule has 3 N–H and O–H groups in total. The highest BCUT2D eigenvalue weighted by atomic mass is 19.1. The number of urea groups is 1. The summed E-state index contributed by atoms with van der Waals surface area (Å²) in [4.78, 5) is 21.5. The molecule has 1 aromatic carbocycles. The van der Waals surface area contributed by atoms with E-state index in [0.29, 0.717) is 5.56 Å². The van der Waals surface area contributed by atoms with Crippen molar-refractivity contribution in [3.63, 3.8) is 0 Å². The zero-order valence-electron chi connectivity index (χ0n) is 9.29. The topological polar surface area (TPSA) is 78.4 Å². The van der Waals surface area contributed by atoms with Gasteiger partial charge >= 0.3 is 12.0 Å². The summed E-state index contributed by atoms with van der Waals surface area (Å²) in [6.07, 6.45) is -0.177. The standard InChI is InChI=1S/C11H13FN2O3/c1-7-3-2-4-8(10(7)12)14-11(17)13-6-5-9(15)16/h2-4H,5-6H2,1H3,(H,15,16)(H2,13,14,17). The fraction of sp³-hybridized carbons (Fsp3) is 0.273. The minimum atomic E-state index is -1.01. The minimum absolute atomic E-state index is 0.00536. The Morgan fingerprint density at radius 3 is 2.76 bits per heavy atom. The first-order valence-electron chi connectivity index (χ1n) is 5.02. The highest BCUT2D eigenvalue weighted by Gasteiger charge is 2.08. The Labute approximate surface area is 97.6 Å². The summed E-state index contributed by atoms with van der Waals surface area (Å²) in [5.41, 5.74) is 0.492. The SMILES string of the molecule is Cc1cccc(NC(=O)NCCC(=O)O)c1F. The first kappa shape index (κ1) is 13.0. The Kier molecular flexibility index (Phi) is 4.45. The summed E-state index contributed by atoms with van der Waals surface area (Å²) >= 11 is 0. The number of carboxylic acids is 1. The van der Waals surface area contributed by atoms with Crippen LogP contribution in [0, 0.1) is 12.7 Å². The van der Waals surface area contributed by atoms with E-state index in [9.17, 15) is 14.0 Å². The fourth-order valence-electron chi connectivity index (χ4n) is 1.19. The molecule has 0 aliphatic rings. The molecule has 92 valence electrons. The zero-order chi connectivity index (χ0) is 12.8. The number of carbonyl (C=O) groups excluding carboxylic acids is 1. The number of halogens is 1. The highest BCUT2D eigenvalue weighted by molar-refractivity contribution is 5.89. The molecule has 1 rings (SSSR count). The number of anilines is 1. The maximum absolute atomic E-state index is 13.5. The van der Waals surface area contributed by atoms with Gasteiger partial charge in [-0.15, -0.1) is 0 Å². The second-order valence-electron chi connectivity index (χ2n) is 3.46. The molecule has 0 aliphatic carbocycles. The number of hydrogen-bond acceptors (Lipinski definition) is 2. The van der Waals surface area contributed by atoms with Crippen molar-refractivity contribution in [3.05, 3.63) is 29.6 Å². The number of aliphatic carboxylic acids is 1. The average Bonchev–Trinajstić information content (AvgIpc) is 2.24. The largest absolute Gasteiger partial charge is 0.481 e. The molecule has 0 unspecified atom stereocenters. The number of nitrogens with one attached hydrogen (secondary N) is 2. The van der Waals surface area contributed by atoms with E-state index in [0.717, 1.165) is 0 Å². The average molecular weight is 240 g/mol. The van der Waals surface area contributed by atoms with Crippen LogP contribution in [-0.4, -0.2) is 23.7 Å². The van der Waals surface area contributed by atoms with E-state index in [4.69, 9.17) is 5.11 Å². The fourth-order valence-corrected chi connectivity index (χ4v) is 1.19. The Hall–Kier alpha value is -2.11. The van der Waals surface area contributed by atoms with Gasteiger partial charge < -0.3 is 15.7 Å². The molecule has 0 heterocycles. The molecule has 2 amide bonds. The van der Waals surface area contributed by atoms with Gasteiger partial charge in [0.2, 0.25) is 0 Å². The van der Waals surface area contributed by atoms with Crippen LogP contribution in [0.25, 0.3) is 0 Å². The molecule has 1 aromatic rings. The van der Waals surface area contributed by atoms with Crippen LogP contribution in [0.15, 0.2) is 18.2 Å². The first-order valence-corrected chi connectivity index (χ1v) is 5.02. The molecular weight excluding hydrogens is 227 g/mol. The van der Waals surface area contributed by atoms with Gasteiger partial charge in [0, 0.05) is 6.54 Å². The minimum Gasteiger partial charge on any atom is -0.481 e. The van der Waals surface area contributed by atoms with Crippen molar-refractivity contribution < 1.29 is 19.1 Å². The van der Waals surface area contributed by atoms with Crippen molar-refractivity contribution in [2.75, 3.05) is 11.9 Å². The lowest BCUT2D eigenvalue weighted by atomic mass is 10.2. The normalized spacial score (nSPS) is 9.76. The molecule has 5 nitrogen and oxygen atoms in total. The van der Waals surface area contributed by atoms with Gasteiger partial charge in [-0.1, -0.05) is 12.1 Å². The molecule has 0 saturated carbocycles. The van der Waals surface area contributed by atoms with E-state index in [1.165, 1.54) is 6.07 Å². The van der Waals surface area contributed by atoms with Gasteiger partial charge in [-0.3, -0.25) is 4.79 Å². The summed E-state index contributed by atoms with van der Waals surface area (Å²) in [5, 5.41) is 13.0. The molecular formula is C11H13FN2O3. The third kappa shape index (κ3) is 4.10. The van der Waals surface area contributed by atoms with Gasteiger partial charge in [-0.25, -0.2) is 9.18 Å². The third-order valence-corrected chi connectivity index (χ3v) is 2.06. The summed E-state index contributed by atoms with van der Waals surface area (Å²) in [7, 11) is 0. The number of carbonyl (C=O) groups is 2. The van der Waals surface area contributed by atoms with Crippen molar-refractivity contribution in [2.45, 2.75) is 13.3 Å². The van der Waals surface area contributed by atoms with Crippen molar-refractivity contribution >= 4 is 17.7 Å². The van der Waals surface area contributed by atoms with Crippen LogP contribution in [0.1, 0.15) is 12.0 Å². The van der Waals surface area contributed by atoms with E-state index in [1.807, 2.05) is 0 Å². The van der Waals surface area contributed by atoms with Crippen LogP contribution in [-0.2, 0) is 4.79 Å². The van der Waals surface area contributed by atoms with Crippen molar-refractivity contribution in [2.24, 2.45) is 0 Å². The smallest absolute Gasteiger partial charge is 0.319 e. The summed E-state index contributed by atoms with van der Waals surface area (Å²) in [6.45, 7) is 1.58. The van der Waals surface area contributed by atoms with Crippen LogP contribution in [0.5, 0.6) is 0 Å². The molecule has 0 atom stereocenters. The number of rotatable bonds is 4. The zero-order valence-corrected chi connectivity index (χ0v) is 9.29. The van der Waals surface area contributed by atoms with Gasteiger partial charge in [0.25, 0.3) is 0 Å². The Balaban J connectivity index is 2.51. The third-order valence-electron chi connectivity index (χ3n) is 2.06. The van der Waals surface area contributed by atoms with Crippen molar-refractivity contribution in [3.8, 4) is 0 Å². The van der Waals surface area contributed by atoms with Crippen LogP contribution in [0.2, 0.25) is 0 Å². The molecule has 0 aromatic heterocycles. The molecule has 0 spiro atoms. The Bertz CT molecular complexity index is 435. The Morgan fingerprint density at radius 1 is 1.41 bits per heavy atom. The van der Waals surface area contributed by atoms with Crippen LogP contribution < -0.4 is 10.6 Å². The van der Waals surface area contributed by atoms with Gasteiger partial charge in [0.15, 0.2) is 0 Å². The second kappa shape index (κ2) is 5.83. The molecule has 17 heavy (non-hydrogen) atoms. The highest BCUT2D eigenvalue weighted by Crippen LogP contribution is 2.16. The monoisotopic (exact) mass is 240 g/mol. The lowest BCUT2D eigenvalue weighted by Crippen LogP contribution is -2.30. The maximum atomic E-state index is 13.5. The van der Waals surface area contributed by atoms with E-state index in [2.05, 4.69) is 10.6 Å². The van der Waals surface area contributed by atoms with Crippen molar-refractivity contribution in [1.29, 1.82) is 0 Å². The van der Waals surface area contributed by atoms with Gasteiger partial charge in [-0.05, 0) is 18.6 Å². The molecule has 0 bridgehead atoms. The number of hydrogen-bond donors (Lipinski definition) is 3. The predicted molar refractivity (Wildman–Crippen MR) is 60.4 cm³/mol. The summed E-state index contributed by atoms with van der Waals surface area (Å²) < 4.78 is 13.5. The maximum Gasteiger partial charge on any atom is 0.319 e. The van der Waals surface area contributed by atoms with Crippen LogP contribution in [0.4, 0.5) is 14.9 Å². The molecule has 6 heteroatoms. The Morgan fingerprint density at radius 2 is 2.12 bits per heavy atom. The van der Waals surface area contributed by atoms with Gasteiger partial charge in [-0.2, -0.15) is 0 Å². The van der Waals surface area contributed by atoms with Crippen LogP contribution >= 0.6 is 0 Å². The summed E-state index contributed by atoms with van der Waals surface area (Å²) in [6, 6.07) is 4.00. The van der Waals surface area contributed by atoms with Gasteiger partial charge in [0.1, 0.15) is 5.82 Å². The number of benzene rings is 1. The molecule has 0 aliphatic heterocycles. The number of amides is 2. The lowest BCUT2D eigenvalue weighted by Gasteiger charge is -2.08. The molecule has 0 saturated heterocycles. The first-order chi connectivity index (χ1) is 8.00. The van der Waals surface area contributed by atoms with Crippen molar-refractivity contribution in [1.82, 2.24) is 5.32 Å². The predicted octanol–water partition coefficient (Wildman–Crippen LogP) is 1.73. The van der Waals surface area contributed by atoms with E-state index in [1.54, 1.807) is 19.1 Å². The van der Waals surface area contributed by atoms with E-state index < -0.39 is 17.8 Å². The quantitative estimate of drug-likeness (QED) is 0.749. The summed E-state index contributed by atoms with van der Waals surface area (Å²) in [5.74, 6) is -1.51. The van der Waals surface area contributed by atoms with E-state index >= 15 is 0 Å². The molecule has 0 fully saturated rings. The van der Waals surface area contributed by atoms with E-state index in [-0.39, 0.29) is 18.7 Å². The number of aryl methyl sites for hydroxylation is 1. The number of carboxylic acid groups (broad SMARTS) is 1. The lowest BCUT2D eigenvalue weighted by molar-refractivity contribution is -0.136.